The lowest BCUT2D eigenvalue weighted by Crippen LogP contribution is -2.44. The van der Waals surface area contributed by atoms with E-state index in [2.05, 4.69) is 24.5 Å². The molecule has 2 rings (SSSR count). The Morgan fingerprint density at radius 3 is 2.60 bits per heavy atom. The molecule has 1 saturated carbocycles. The third kappa shape index (κ3) is 8.00. The van der Waals surface area contributed by atoms with Crippen molar-refractivity contribution in [1.29, 1.82) is 0 Å². The maximum absolute atomic E-state index is 12.2. The van der Waals surface area contributed by atoms with Crippen LogP contribution in [0.25, 0.3) is 0 Å². The van der Waals surface area contributed by atoms with Gasteiger partial charge in [-0.05, 0) is 58.8 Å². The lowest BCUT2D eigenvalue weighted by atomic mass is 9.98. The van der Waals surface area contributed by atoms with E-state index in [1.165, 1.54) is 6.42 Å². The molecule has 0 aromatic heterocycles. The van der Waals surface area contributed by atoms with Crippen LogP contribution in [0.15, 0.2) is 4.99 Å². The maximum Gasteiger partial charge on any atom is 0.410 e. The van der Waals surface area contributed by atoms with Crippen LogP contribution in [0.3, 0.4) is 0 Å². The minimum Gasteiger partial charge on any atom is -0.444 e. The fourth-order valence-corrected chi connectivity index (χ4v) is 2.95. The van der Waals surface area contributed by atoms with Crippen LogP contribution in [-0.2, 0) is 4.74 Å². The number of aliphatic imine (C=N–C) groups is 1. The quantitative estimate of drug-likeness (QED) is 0.380. The normalized spacial score (nSPS) is 26.5. The highest BCUT2D eigenvalue weighted by molar-refractivity contribution is 14.0. The lowest BCUT2D eigenvalue weighted by molar-refractivity contribution is 0.0170. The Kier molecular flexibility index (Phi) is 8.77. The maximum atomic E-state index is 12.2. The van der Waals surface area contributed by atoms with Crippen LogP contribution < -0.4 is 10.6 Å². The summed E-state index contributed by atoms with van der Waals surface area (Å²) in [5.41, 5.74) is -0.439. The number of carbonyl (C=O) groups is 1. The standard InChI is InChI=1S/C18H34N4O2.HI/c1-6-19-16(21-15-10-13(15)2)20-11-14-8-7-9-22(12-14)17(23)24-18(3,4)5;/h13-15H,6-12H2,1-5H3,(H2,19,20,21);1H. The minimum absolute atomic E-state index is 0. The van der Waals surface area contributed by atoms with Gasteiger partial charge in [0.1, 0.15) is 5.60 Å². The van der Waals surface area contributed by atoms with Gasteiger partial charge in [-0.25, -0.2) is 4.79 Å². The molecular formula is C18H35IN4O2. The first kappa shape index (κ1) is 22.3. The van der Waals surface area contributed by atoms with Crippen molar-refractivity contribution >= 4 is 36.0 Å². The van der Waals surface area contributed by atoms with Crippen LogP contribution >= 0.6 is 24.0 Å². The molecule has 0 aromatic carbocycles. The molecule has 2 aliphatic rings. The molecule has 0 spiro atoms. The molecule has 146 valence electrons. The van der Waals surface area contributed by atoms with Crippen molar-refractivity contribution in [2.24, 2.45) is 16.8 Å². The minimum atomic E-state index is -0.439. The monoisotopic (exact) mass is 466 g/mol. The van der Waals surface area contributed by atoms with Gasteiger partial charge in [-0.3, -0.25) is 4.99 Å². The summed E-state index contributed by atoms with van der Waals surface area (Å²) in [6.07, 6.45) is 3.15. The average molecular weight is 466 g/mol. The SMILES string of the molecule is CCNC(=NCC1CCCN(C(=O)OC(C)(C)C)C1)NC1CC1C.I. The lowest BCUT2D eigenvalue weighted by Gasteiger charge is -2.33. The number of nitrogens with one attached hydrogen (secondary N) is 2. The van der Waals surface area contributed by atoms with E-state index in [1.807, 2.05) is 25.7 Å². The van der Waals surface area contributed by atoms with E-state index in [0.717, 1.165) is 50.9 Å². The molecule has 7 heteroatoms. The van der Waals surface area contributed by atoms with Crippen molar-refractivity contribution in [3.05, 3.63) is 0 Å². The summed E-state index contributed by atoms with van der Waals surface area (Å²) in [4.78, 5) is 18.8. The molecule has 6 nitrogen and oxygen atoms in total. The number of guanidine groups is 1. The summed E-state index contributed by atoms with van der Waals surface area (Å²) >= 11 is 0. The fourth-order valence-electron chi connectivity index (χ4n) is 2.95. The molecule has 0 bridgehead atoms. The Morgan fingerprint density at radius 1 is 1.36 bits per heavy atom. The highest BCUT2D eigenvalue weighted by Crippen LogP contribution is 2.28. The van der Waals surface area contributed by atoms with Crippen LogP contribution in [-0.4, -0.2) is 54.8 Å². The third-order valence-electron chi connectivity index (χ3n) is 4.45. The van der Waals surface area contributed by atoms with Gasteiger partial charge in [-0.15, -0.1) is 24.0 Å². The first-order valence-electron chi connectivity index (χ1n) is 9.31. The molecular weight excluding hydrogens is 431 g/mol. The van der Waals surface area contributed by atoms with Gasteiger partial charge in [-0.2, -0.15) is 0 Å². The largest absolute Gasteiger partial charge is 0.444 e. The van der Waals surface area contributed by atoms with Crippen molar-refractivity contribution in [2.75, 3.05) is 26.2 Å². The van der Waals surface area contributed by atoms with Crippen molar-refractivity contribution in [3.63, 3.8) is 0 Å². The van der Waals surface area contributed by atoms with Gasteiger partial charge in [0.2, 0.25) is 0 Å². The molecule has 3 unspecified atom stereocenters. The molecule has 1 aliphatic carbocycles. The molecule has 1 heterocycles. The van der Waals surface area contributed by atoms with E-state index in [9.17, 15) is 4.79 Å². The van der Waals surface area contributed by atoms with E-state index < -0.39 is 5.60 Å². The highest BCUT2D eigenvalue weighted by Gasteiger charge is 2.33. The summed E-state index contributed by atoms with van der Waals surface area (Å²) in [6, 6.07) is 0.562. The van der Waals surface area contributed by atoms with Crippen molar-refractivity contribution in [2.45, 2.75) is 65.5 Å². The number of likely N-dealkylation sites (tertiary alicyclic amines) is 1. The molecule has 3 atom stereocenters. The molecule has 0 aromatic rings. The summed E-state index contributed by atoms with van der Waals surface area (Å²) in [5.74, 6) is 2.05. The highest BCUT2D eigenvalue weighted by atomic mass is 127. The van der Waals surface area contributed by atoms with Crippen molar-refractivity contribution in [3.8, 4) is 0 Å². The number of piperidine rings is 1. The Hall–Kier alpha value is -0.730. The zero-order chi connectivity index (χ0) is 17.7. The number of rotatable bonds is 4. The second-order valence-corrected chi connectivity index (χ2v) is 8.12. The number of nitrogens with zero attached hydrogens (tertiary/aromatic N) is 2. The second-order valence-electron chi connectivity index (χ2n) is 8.12. The van der Waals surface area contributed by atoms with Crippen LogP contribution in [0.2, 0.25) is 0 Å². The molecule has 25 heavy (non-hydrogen) atoms. The summed E-state index contributed by atoms with van der Waals surface area (Å²) in [5, 5.41) is 6.79. The Balaban J connectivity index is 0.00000312. The van der Waals surface area contributed by atoms with E-state index in [1.54, 1.807) is 0 Å². The molecule has 2 N–H and O–H groups in total. The summed E-state index contributed by atoms with van der Waals surface area (Å²) in [6.45, 7) is 13.2. The predicted molar refractivity (Wildman–Crippen MR) is 113 cm³/mol. The van der Waals surface area contributed by atoms with Gasteiger partial charge < -0.3 is 20.3 Å². The first-order valence-corrected chi connectivity index (χ1v) is 9.31. The number of carbonyl (C=O) groups excluding carboxylic acids is 1. The fraction of sp³-hybridized carbons (Fsp3) is 0.889. The van der Waals surface area contributed by atoms with Crippen LogP contribution in [0.5, 0.6) is 0 Å². The van der Waals surface area contributed by atoms with Gasteiger partial charge in [-0.1, -0.05) is 6.92 Å². The third-order valence-corrected chi connectivity index (χ3v) is 4.45. The van der Waals surface area contributed by atoms with Crippen molar-refractivity contribution in [1.82, 2.24) is 15.5 Å². The van der Waals surface area contributed by atoms with Gasteiger partial charge in [0.25, 0.3) is 0 Å². The second kappa shape index (κ2) is 9.83. The van der Waals surface area contributed by atoms with Crippen LogP contribution in [0.1, 0.15) is 53.9 Å². The zero-order valence-electron chi connectivity index (χ0n) is 16.3. The Labute approximate surface area is 169 Å². The molecule has 1 aliphatic heterocycles. The van der Waals surface area contributed by atoms with E-state index in [-0.39, 0.29) is 30.1 Å². The number of ether oxygens (including phenoxy) is 1. The van der Waals surface area contributed by atoms with Gasteiger partial charge in [0, 0.05) is 32.2 Å². The molecule has 1 amide bonds. The number of hydrogen-bond acceptors (Lipinski definition) is 3. The average Bonchev–Trinajstić information content (AvgIpc) is 3.19. The summed E-state index contributed by atoms with van der Waals surface area (Å²) < 4.78 is 5.49. The molecule has 0 radical (unpaired) electrons. The number of hydrogen-bond donors (Lipinski definition) is 2. The first-order chi connectivity index (χ1) is 11.3. The Bertz CT molecular complexity index is 464. The smallest absolute Gasteiger partial charge is 0.410 e. The van der Waals surface area contributed by atoms with Crippen LogP contribution in [0, 0.1) is 11.8 Å². The van der Waals surface area contributed by atoms with Gasteiger partial charge >= 0.3 is 6.09 Å². The molecule has 2 fully saturated rings. The zero-order valence-corrected chi connectivity index (χ0v) is 18.6. The van der Waals surface area contributed by atoms with Gasteiger partial charge in [0.05, 0.1) is 0 Å². The van der Waals surface area contributed by atoms with E-state index >= 15 is 0 Å². The topological polar surface area (TPSA) is 66.0 Å². The van der Waals surface area contributed by atoms with Crippen LogP contribution in [0.4, 0.5) is 4.79 Å². The summed E-state index contributed by atoms with van der Waals surface area (Å²) in [7, 11) is 0. The Morgan fingerprint density at radius 2 is 2.04 bits per heavy atom. The van der Waals surface area contributed by atoms with E-state index in [0.29, 0.717) is 12.0 Å². The van der Waals surface area contributed by atoms with Gasteiger partial charge in [0.15, 0.2) is 5.96 Å². The predicted octanol–water partition coefficient (Wildman–Crippen LogP) is 3.22. The number of amides is 1. The van der Waals surface area contributed by atoms with Crippen molar-refractivity contribution < 1.29 is 9.53 Å². The molecule has 1 saturated heterocycles. The number of halogens is 1. The van der Waals surface area contributed by atoms with E-state index in [4.69, 9.17) is 9.73 Å².